The van der Waals surface area contributed by atoms with Crippen LogP contribution in [0.3, 0.4) is 0 Å². The van der Waals surface area contributed by atoms with E-state index in [1.54, 1.807) is 38.0 Å². The maximum Gasteiger partial charge on any atom is 0.271 e. The lowest BCUT2D eigenvalue weighted by Gasteiger charge is -2.27. The van der Waals surface area contributed by atoms with Crippen molar-refractivity contribution in [2.75, 3.05) is 27.4 Å². The number of aromatic nitrogens is 2. The van der Waals surface area contributed by atoms with E-state index in [-0.39, 0.29) is 23.8 Å². The Morgan fingerprint density at radius 3 is 2.40 bits per heavy atom. The van der Waals surface area contributed by atoms with Crippen molar-refractivity contribution in [2.45, 2.75) is 33.3 Å². The Kier molecular flexibility index (Phi) is 8.82. The summed E-state index contributed by atoms with van der Waals surface area (Å²) in [5, 5.41) is 14.6. The van der Waals surface area contributed by atoms with E-state index < -0.39 is 11.8 Å². The number of carbonyl (C=O) groups excluding carboxylic acids is 2. The lowest BCUT2D eigenvalue weighted by Crippen LogP contribution is -2.43. The van der Waals surface area contributed by atoms with Gasteiger partial charge in [-0.15, -0.1) is 0 Å². The normalized spacial score (nSPS) is 14.7. The molecule has 9 nitrogen and oxygen atoms in total. The second-order valence-electron chi connectivity index (χ2n) is 9.49. The minimum absolute atomic E-state index is 0.0381. The van der Waals surface area contributed by atoms with Crippen LogP contribution in [0.1, 0.15) is 32.8 Å². The summed E-state index contributed by atoms with van der Waals surface area (Å²) >= 11 is 0. The van der Waals surface area contributed by atoms with E-state index in [1.807, 2.05) is 68.6 Å². The molecule has 0 spiro atoms. The summed E-state index contributed by atoms with van der Waals surface area (Å²) in [7, 11) is 3.12. The lowest BCUT2D eigenvalue weighted by atomic mass is 9.93. The number of hydrogen-bond acceptors (Lipinski definition) is 7. The zero-order valence-corrected chi connectivity index (χ0v) is 23.3. The third kappa shape index (κ3) is 5.82. The number of benzene rings is 2. The number of ether oxygens (including phenoxy) is 3. The molecule has 0 bridgehead atoms. The number of hydrogen-bond donors (Lipinski definition) is 0. The molecule has 1 aromatic heterocycles. The average Bonchev–Trinajstić information content (AvgIpc) is 3.39. The Bertz CT molecular complexity index is 1510. The van der Waals surface area contributed by atoms with Crippen LogP contribution in [-0.4, -0.2) is 60.0 Å². The van der Waals surface area contributed by atoms with E-state index >= 15 is 0 Å². The molecule has 0 fully saturated rings. The predicted molar refractivity (Wildman–Crippen MR) is 151 cm³/mol. The summed E-state index contributed by atoms with van der Waals surface area (Å²) in [4.78, 5) is 27.8. The molecule has 2 amide bonds. The monoisotopic (exact) mass is 540 g/mol. The van der Waals surface area contributed by atoms with Gasteiger partial charge in [-0.3, -0.25) is 14.5 Å². The Morgan fingerprint density at radius 1 is 1.02 bits per heavy atom. The number of para-hydroxylation sites is 1. The molecule has 2 heterocycles. The zero-order valence-electron chi connectivity index (χ0n) is 23.3. The average molecular weight is 541 g/mol. The molecule has 0 aliphatic carbocycles. The second kappa shape index (κ2) is 12.5. The molecule has 40 heavy (non-hydrogen) atoms. The summed E-state index contributed by atoms with van der Waals surface area (Å²) in [5.74, 6) is 0.0533. The van der Waals surface area contributed by atoms with Gasteiger partial charge in [0.1, 0.15) is 17.3 Å². The molecule has 3 aromatic rings. The van der Waals surface area contributed by atoms with Gasteiger partial charge in [0, 0.05) is 36.0 Å². The first-order valence-electron chi connectivity index (χ1n) is 13.0. The fraction of sp³-hybridized carbons (Fsp3) is 0.290. The minimum Gasteiger partial charge on any atom is -0.493 e. The minimum atomic E-state index is -0.591. The summed E-state index contributed by atoms with van der Waals surface area (Å²) in [6.45, 7) is 6.00. The van der Waals surface area contributed by atoms with Crippen molar-refractivity contribution < 1.29 is 23.8 Å². The van der Waals surface area contributed by atoms with Crippen molar-refractivity contribution >= 4 is 17.9 Å². The quantitative estimate of drug-likeness (QED) is 0.203. The van der Waals surface area contributed by atoms with Crippen LogP contribution in [0.25, 0.3) is 23.0 Å². The van der Waals surface area contributed by atoms with Crippen LogP contribution in [0.2, 0.25) is 0 Å². The highest BCUT2D eigenvalue weighted by molar-refractivity contribution is 6.19. The molecule has 4 rings (SSSR count). The van der Waals surface area contributed by atoms with Gasteiger partial charge in [-0.05, 0) is 69.2 Å². The molecule has 0 saturated heterocycles. The van der Waals surface area contributed by atoms with Gasteiger partial charge in [-0.2, -0.15) is 10.4 Å². The maximum atomic E-state index is 13.6. The molecule has 9 heteroatoms. The number of amides is 2. The Balaban J connectivity index is 1.83. The highest BCUT2D eigenvalue weighted by Gasteiger charge is 2.35. The number of carbonyl (C=O) groups is 2. The van der Waals surface area contributed by atoms with Crippen LogP contribution in [0.15, 0.2) is 71.4 Å². The topological polar surface area (TPSA) is 107 Å². The molecule has 0 unspecified atom stereocenters. The van der Waals surface area contributed by atoms with E-state index in [2.05, 4.69) is 0 Å². The first kappa shape index (κ1) is 28.3. The molecule has 1 aliphatic heterocycles. The highest BCUT2D eigenvalue weighted by Crippen LogP contribution is 2.35. The van der Waals surface area contributed by atoms with Crippen LogP contribution < -0.4 is 9.47 Å². The van der Waals surface area contributed by atoms with Crippen LogP contribution in [0, 0.1) is 11.3 Å². The first-order chi connectivity index (χ1) is 19.3. The number of rotatable bonds is 10. The maximum absolute atomic E-state index is 13.6. The fourth-order valence-corrected chi connectivity index (χ4v) is 4.44. The SMILES string of the molecule is COc1ccc(-c2nn(-c3ccccc3)cc2/C=C2/C(=O)N(CCCOC(C)C)C(=O)C(C#N)=C2C)cc1OC. The molecule has 0 atom stereocenters. The van der Waals surface area contributed by atoms with Gasteiger partial charge in [0.15, 0.2) is 11.5 Å². The molecule has 206 valence electrons. The highest BCUT2D eigenvalue weighted by atomic mass is 16.5. The fourth-order valence-electron chi connectivity index (χ4n) is 4.44. The third-order valence-electron chi connectivity index (χ3n) is 6.52. The van der Waals surface area contributed by atoms with Crippen molar-refractivity contribution in [3.63, 3.8) is 0 Å². The Morgan fingerprint density at radius 2 is 1.75 bits per heavy atom. The van der Waals surface area contributed by atoms with Gasteiger partial charge in [0.25, 0.3) is 11.8 Å². The summed E-state index contributed by atoms with van der Waals surface area (Å²) in [6.07, 6.45) is 4.01. The van der Waals surface area contributed by atoms with Crippen LogP contribution in [-0.2, 0) is 14.3 Å². The molecule has 0 radical (unpaired) electrons. The van der Waals surface area contributed by atoms with Gasteiger partial charge >= 0.3 is 0 Å². The van der Waals surface area contributed by atoms with Crippen molar-refractivity contribution in [1.29, 1.82) is 5.26 Å². The van der Waals surface area contributed by atoms with Crippen LogP contribution in [0.4, 0.5) is 0 Å². The van der Waals surface area contributed by atoms with Gasteiger partial charge in [0.2, 0.25) is 0 Å². The number of imide groups is 1. The van der Waals surface area contributed by atoms with E-state index in [0.29, 0.717) is 41.4 Å². The van der Waals surface area contributed by atoms with Gasteiger partial charge < -0.3 is 14.2 Å². The molecular weight excluding hydrogens is 508 g/mol. The smallest absolute Gasteiger partial charge is 0.271 e. The van der Waals surface area contributed by atoms with Crippen molar-refractivity contribution in [2.24, 2.45) is 0 Å². The number of nitrogens with zero attached hydrogens (tertiary/aromatic N) is 4. The summed E-state index contributed by atoms with van der Waals surface area (Å²) in [6, 6.07) is 17.0. The Labute approximate surface area is 233 Å². The molecule has 0 N–H and O–H groups in total. The van der Waals surface area contributed by atoms with Crippen LogP contribution >= 0.6 is 0 Å². The summed E-state index contributed by atoms with van der Waals surface area (Å²) in [5.41, 5.74) is 3.32. The van der Waals surface area contributed by atoms with Gasteiger partial charge in [-0.1, -0.05) is 18.2 Å². The standard InChI is InChI=1S/C31H32N4O5/c1-20(2)40-15-9-14-34-30(36)25(21(3)26(18-32)31(34)37)16-23-19-35(24-10-7-6-8-11-24)33-29(23)22-12-13-27(38-4)28(17-22)39-5/h6-8,10-13,16-17,19-20H,9,14-15H2,1-5H3/b25-16+. The van der Waals surface area contributed by atoms with Crippen molar-refractivity contribution in [1.82, 2.24) is 14.7 Å². The van der Waals surface area contributed by atoms with E-state index in [4.69, 9.17) is 19.3 Å². The lowest BCUT2D eigenvalue weighted by molar-refractivity contribution is -0.140. The molecular formula is C31H32N4O5. The number of nitriles is 1. The summed E-state index contributed by atoms with van der Waals surface area (Å²) < 4.78 is 18.2. The molecule has 0 saturated carbocycles. The van der Waals surface area contributed by atoms with E-state index in [0.717, 1.165) is 16.2 Å². The largest absolute Gasteiger partial charge is 0.493 e. The molecule has 1 aliphatic rings. The van der Waals surface area contributed by atoms with Crippen LogP contribution in [0.5, 0.6) is 11.5 Å². The Hall–Kier alpha value is -4.68. The predicted octanol–water partition coefficient (Wildman–Crippen LogP) is 4.96. The van der Waals surface area contributed by atoms with Gasteiger partial charge in [0.05, 0.1) is 26.0 Å². The number of methoxy groups -OCH3 is 2. The van der Waals surface area contributed by atoms with E-state index in [1.165, 1.54) is 0 Å². The molecule has 2 aromatic carbocycles. The van der Waals surface area contributed by atoms with Crippen molar-refractivity contribution in [3.05, 3.63) is 77.0 Å². The van der Waals surface area contributed by atoms with E-state index in [9.17, 15) is 14.9 Å². The first-order valence-corrected chi connectivity index (χ1v) is 13.0. The third-order valence-corrected chi connectivity index (χ3v) is 6.52. The van der Waals surface area contributed by atoms with Crippen molar-refractivity contribution in [3.8, 4) is 34.5 Å². The zero-order chi connectivity index (χ0) is 28.8. The second-order valence-corrected chi connectivity index (χ2v) is 9.49. The van der Waals surface area contributed by atoms with Gasteiger partial charge in [-0.25, -0.2) is 4.68 Å².